The van der Waals surface area contributed by atoms with Gasteiger partial charge in [0.25, 0.3) is 6.43 Å². The Labute approximate surface area is 178 Å². The normalized spacial score (nSPS) is 15.2. The number of likely N-dealkylation sites (tertiary alicyclic amines) is 1. The number of pyridine rings is 2. The lowest BCUT2D eigenvalue weighted by Gasteiger charge is -2.36. The minimum atomic E-state index is -2.35. The summed E-state index contributed by atoms with van der Waals surface area (Å²) >= 11 is 0. The summed E-state index contributed by atoms with van der Waals surface area (Å²) in [6.07, 6.45) is 3.94. The first-order valence-corrected chi connectivity index (χ1v) is 10.1. The third kappa shape index (κ3) is 4.96. The first-order chi connectivity index (χ1) is 14.9. The Morgan fingerprint density at radius 1 is 1.19 bits per heavy atom. The number of piperidine rings is 1. The highest BCUT2D eigenvalue weighted by Crippen LogP contribution is 2.24. The van der Waals surface area contributed by atoms with Crippen molar-refractivity contribution in [2.45, 2.75) is 32.2 Å². The zero-order valence-electron chi connectivity index (χ0n) is 17.4. The van der Waals surface area contributed by atoms with Crippen LogP contribution in [0.3, 0.4) is 0 Å². The molecule has 0 aromatic carbocycles. The molecule has 0 bridgehead atoms. The number of anilines is 1. The second kappa shape index (κ2) is 8.93. The van der Waals surface area contributed by atoms with Crippen LogP contribution in [0.2, 0.25) is 0 Å². The number of aryl methyl sites for hydroxylation is 1. The zero-order valence-corrected chi connectivity index (χ0v) is 17.4. The Morgan fingerprint density at radius 3 is 2.61 bits per heavy atom. The van der Waals surface area contributed by atoms with Crippen molar-refractivity contribution < 1.29 is 18.0 Å². The van der Waals surface area contributed by atoms with E-state index in [1.807, 2.05) is 6.07 Å². The number of amides is 2. The lowest BCUT2D eigenvalue weighted by Crippen LogP contribution is -2.47. The Morgan fingerprint density at radius 2 is 1.94 bits per heavy atom. The molecule has 10 heteroatoms. The number of nitrogens with one attached hydrogen (secondary N) is 1. The van der Waals surface area contributed by atoms with E-state index in [1.165, 1.54) is 0 Å². The van der Waals surface area contributed by atoms with E-state index in [1.54, 1.807) is 48.4 Å². The number of alkyl halides is 2. The summed E-state index contributed by atoms with van der Waals surface area (Å²) in [6.45, 7) is 2.54. The van der Waals surface area contributed by atoms with Gasteiger partial charge in [-0.2, -0.15) is 0 Å². The van der Waals surface area contributed by atoms with E-state index >= 15 is 0 Å². The Kier molecular flexibility index (Phi) is 6.08. The van der Waals surface area contributed by atoms with E-state index in [0.29, 0.717) is 49.1 Å². The number of carbonyl (C=O) groups is 1. The van der Waals surface area contributed by atoms with Crippen LogP contribution in [0.4, 0.5) is 19.4 Å². The third-order valence-corrected chi connectivity index (χ3v) is 5.51. The number of hydrogen-bond donors (Lipinski definition) is 1. The molecule has 0 spiro atoms. The third-order valence-electron chi connectivity index (χ3n) is 5.51. The highest BCUT2D eigenvalue weighted by Gasteiger charge is 2.26. The topological polar surface area (TPSA) is 87.4 Å². The van der Waals surface area contributed by atoms with Crippen LogP contribution in [0, 0.1) is 6.92 Å². The van der Waals surface area contributed by atoms with E-state index in [9.17, 15) is 13.6 Å². The minimum Gasteiger partial charge on any atom is -0.439 e. The summed E-state index contributed by atoms with van der Waals surface area (Å²) in [4.78, 5) is 28.8. The summed E-state index contributed by atoms with van der Waals surface area (Å²) in [6, 6.07) is 3.45. The monoisotopic (exact) mass is 430 g/mol. The standard InChI is InChI=1S/C21H24F2N6O2/c1-13-24-11-18(31-13)17-7-14-8-20(26-10-15(14)9-25-17)27-21(30)29-5-3-16(4-6-29)28(2)12-19(22)23/h7-11,16,19H,3-6,12H2,1-2H3,(H,26,27,30). The van der Waals surface area contributed by atoms with Gasteiger partial charge in [-0.25, -0.2) is 23.5 Å². The fraction of sp³-hybridized carbons (Fsp3) is 0.429. The van der Waals surface area contributed by atoms with E-state index in [2.05, 4.69) is 20.3 Å². The molecule has 1 aliphatic heterocycles. The van der Waals surface area contributed by atoms with Crippen LogP contribution in [0.25, 0.3) is 22.2 Å². The van der Waals surface area contributed by atoms with Gasteiger partial charge in [-0.15, -0.1) is 0 Å². The van der Waals surface area contributed by atoms with Crippen LogP contribution in [0.1, 0.15) is 18.7 Å². The van der Waals surface area contributed by atoms with Crippen molar-refractivity contribution in [2.24, 2.45) is 0 Å². The maximum Gasteiger partial charge on any atom is 0.323 e. The van der Waals surface area contributed by atoms with Crippen LogP contribution in [-0.2, 0) is 0 Å². The van der Waals surface area contributed by atoms with Gasteiger partial charge in [0, 0.05) is 43.8 Å². The molecule has 1 N–H and O–H groups in total. The van der Waals surface area contributed by atoms with E-state index in [0.717, 1.165) is 10.8 Å². The smallest absolute Gasteiger partial charge is 0.323 e. The van der Waals surface area contributed by atoms with E-state index in [-0.39, 0.29) is 18.6 Å². The number of fused-ring (bicyclic) bond motifs is 1. The molecule has 0 atom stereocenters. The van der Waals surface area contributed by atoms with Crippen molar-refractivity contribution >= 4 is 22.6 Å². The molecule has 3 aromatic heterocycles. The Bertz CT molecular complexity index is 1060. The van der Waals surface area contributed by atoms with E-state index in [4.69, 9.17) is 4.42 Å². The average Bonchev–Trinajstić information content (AvgIpc) is 3.19. The number of nitrogens with zero attached hydrogens (tertiary/aromatic N) is 5. The molecule has 0 aliphatic carbocycles. The first-order valence-electron chi connectivity index (χ1n) is 10.1. The number of carbonyl (C=O) groups excluding carboxylic acids is 1. The molecule has 0 radical (unpaired) electrons. The maximum absolute atomic E-state index is 12.7. The van der Waals surface area contributed by atoms with Crippen molar-refractivity contribution in [1.29, 1.82) is 0 Å². The van der Waals surface area contributed by atoms with Crippen LogP contribution in [0.5, 0.6) is 0 Å². The number of oxazole rings is 1. The fourth-order valence-electron chi connectivity index (χ4n) is 3.79. The van der Waals surface area contributed by atoms with Gasteiger partial charge in [0.05, 0.1) is 12.7 Å². The highest BCUT2D eigenvalue weighted by molar-refractivity contribution is 5.92. The van der Waals surface area contributed by atoms with Crippen molar-refractivity contribution in [3.05, 3.63) is 36.6 Å². The van der Waals surface area contributed by atoms with Crippen LogP contribution in [-0.4, -0.2) is 69.9 Å². The summed E-state index contributed by atoms with van der Waals surface area (Å²) in [5, 5.41) is 4.52. The van der Waals surface area contributed by atoms with Crippen molar-refractivity contribution in [3.8, 4) is 11.5 Å². The highest BCUT2D eigenvalue weighted by atomic mass is 19.3. The van der Waals surface area contributed by atoms with Crippen LogP contribution >= 0.6 is 0 Å². The Balaban J connectivity index is 1.41. The van der Waals surface area contributed by atoms with Crippen molar-refractivity contribution in [3.63, 3.8) is 0 Å². The van der Waals surface area contributed by atoms with Gasteiger partial charge >= 0.3 is 6.03 Å². The molecule has 164 valence electrons. The number of urea groups is 1. The summed E-state index contributed by atoms with van der Waals surface area (Å²) in [5.41, 5.74) is 0.645. The van der Waals surface area contributed by atoms with Gasteiger partial charge in [0.2, 0.25) is 0 Å². The molecule has 3 aromatic rings. The van der Waals surface area contributed by atoms with Gasteiger partial charge in [0.15, 0.2) is 11.7 Å². The SMILES string of the molecule is Cc1ncc(-c2cc3cc(NC(=O)N4CCC(N(C)CC(F)F)CC4)ncc3cn2)o1. The van der Waals surface area contributed by atoms with Crippen LogP contribution in [0.15, 0.2) is 35.1 Å². The number of rotatable bonds is 5. The largest absolute Gasteiger partial charge is 0.439 e. The summed E-state index contributed by atoms with van der Waals surface area (Å²) in [5.74, 6) is 1.56. The molecule has 4 rings (SSSR count). The van der Waals surface area contributed by atoms with Crippen molar-refractivity contribution in [2.75, 3.05) is 32.0 Å². The van der Waals surface area contributed by atoms with E-state index < -0.39 is 6.43 Å². The van der Waals surface area contributed by atoms with Gasteiger partial charge < -0.3 is 9.32 Å². The molecule has 0 saturated carbocycles. The van der Waals surface area contributed by atoms with Gasteiger partial charge in [0.1, 0.15) is 11.5 Å². The maximum atomic E-state index is 12.7. The summed E-state index contributed by atoms with van der Waals surface area (Å²) < 4.78 is 30.7. The predicted octanol–water partition coefficient (Wildman–Crippen LogP) is 3.79. The first kappa shape index (κ1) is 21.1. The quantitative estimate of drug-likeness (QED) is 0.663. The predicted molar refractivity (Wildman–Crippen MR) is 112 cm³/mol. The minimum absolute atomic E-state index is 0.0579. The molecular formula is C21H24F2N6O2. The van der Waals surface area contributed by atoms with Crippen molar-refractivity contribution in [1.82, 2.24) is 24.8 Å². The number of aromatic nitrogens is 3. The summed E-state index contributed by atoms with van der Waals surface area (Å²) in [7, 11) is 1.70. The number of halogens is 2. The number of hydrogen-bond acceptors (Lipinski definition) is 6. The lowest BCUT2D eigenvalue weighted by molar-refractivity contribution is 0.0628. The van der Waals surface area contributed by atoms with Gasteiger partial charge in [-0.1, -0.05) is 0 Å². The molecule has 0 unspecified atom stereocenters. The molecule has 4 heterocycles. The molecule has 31 heavy (non-hydrogen) atoms. The molecule has 2 amide bonds. The molecule has 1 saturated heterocycles. The second-order valence-electron chi connectivity index (χ2n) is 7.71. The average molecular weight is 430 g/mol. The second-order valence-corrected chi connectivity index (χ2v) is 7.71. The fourth-order valence-corrected chi connectivity index (χ4v) is 3.79. The zero-order chi connectivity index (χ0) is 22.0. The molecular weight excluding hydrogens is 406 g/mol. The molecule has 1 aliphatic rings. The molecule has 1 fully saturated rings. The molecule has 8 nitrogen and oxygen atoms in total. The van der Waals surface area contributed by atoms with Crippen LogP contribution < -0.4 is 5.32 Å². The van der Waals surface area contributed by atoms with Gasteiger partial charge in [-0.3, -0.25) is 15.2 Å². The van der Waals surface area contributed by atoms with Gasteiger partial charge in [-0.05, 0) is 37.4 Å². The Hall–Kier alpha value is -3.14. The lowest BCUT2D eigenvalue weighted by atomic mass is 10.0.